The van der Waals surface area contributed by atoms with E-state index in [-0.39, 0.29) is 0 Å². The van der Waals surface area contributed by atoms with Gasteiger partial charge in [0.25, 0.3) is 0 Å². The summed E-state index contributed by atoms with van der Waals surface area (Å²) in [7, 11) is 2.83. The third-order valence-corrected chi connectivity index (χ3v) is 1.47. The maximum absolute atomic E-state index is 11.0. The third kappa shape index (κ3) is 2.57. The first kappa shape index (κ1) is 9.76. The van der Waals surface area contributed by atoms with Gasteiger partial charge in [-0.1, -0.05) is 0 Å². The molecule has 1 aromatic rings. The van der Waals surface area contributed by atoms with Gasteiger partial charge in [-0.15, -0.1) is 0 Å². The second kappa shape index (κ2) is 4.64. The topological polar surface area (TPSA) is 60.7 Å². The summed E-state index contributed by atoms with van der Waals surface area (Å²) in [5.41, 5.74) is 2.99. The minimum absolute atomic E-state index is 0.399. The maximum atomic E-state index is 11.0. The number of ether oxygens (including phenoxy) is 1. The molecule has 0 bridgehead atoms. The zero-order chi connectivity index (χ0) is 9.68. The van der Waals surface area contributed by atoms with E-state index in [1.54, 1.807) is 6.07 Å². The number of furan rings is 1. The van der Waals surface area contributed by atoms with Crippen LogP contribution in [0.25, 0.3) is 0 Å². The predicted octanol–water partition coefficient (Wildman–Crippen LogP) is 0.717. The second-order valence-electron chi connectivity index (χ2n) is 2.32. The molecule has 0 saturated carbocycles. The molecule has 1 rings (SSSR count). The summed E-state index contributed by atoms with van der Waals surface area (Å²) in [5.74, 6) is 0.203. The van der Waals surface area contributed by atoms with E-state index in [1.165, 1.54) is 20.5 Å². The monoisotopic (exact) mass is 185 g/mol. The molecule has 1 N–H and O–H groups in total. The Morgan fingerprint density at radius 2 is 2.38 bits per heavy atom. The van der Waals surface area contributed by atoms with Crippen LogP contribution in [0.1, 0.15) is 16.1 Å². The van der Waals surface area contributed by atoms with E-state index in [2.05, 4.69) is 15.1 Å². The molecule has 1 heterocycles. The number of carbonyl (C=O) groups excluding carboxylic acids is 1. The van der Waals surface area contributed by atoms with Crippen molar-refractivity contribution in [2.45, 2.75) is 6.54 Å². The van der Waals surface area contributed by atoms with E-state index in [0.717, 1.165) is 0 Å². The molecule has 0 amide bonds. The van der Waals surface area contributed by atoms with Crippen molar-refractivity contribution in [3.8, 4) is 0 Å². The number of methoxy groups -OCH3 is 1. The molecule has 5 nitrogen and oxygen atoms in total. The van der Waals surface area contributed by atoms with Crippen LogP contribution in [0.3, 0.4) is 0 Å². The molecule has 72 valence electrons. The van der Waals surface area contributed by atoms with Crippen molar-refractivity contribution >= 4 is 5.97 Å². The number of hydroxylamine groups is 1. The first-order valence-electron chi connectivity index (χ1n) is 3.69. The van der Waals surface area contributed by atoms with Gasteiger partial charge < -0.3 is 14.0 Å². The summed E-state index contributed by atoms with van der Waals surface area (Å²) < 4.78 is 9.55. The van der Waals surface area contributed by atoms with E-state index in [1.807, 2.05) is 0 Å². The van der Waals surface area contributed by atoms with Crippen LogP contribution in [0.15, 0.2) is 16.7 Å². The van der Waals surface area contributed by atoms with Crippen LogP contribution in [-0.4, -0.2) is 20.2 Å². The predicted molar refractivity (Wildman–Crippen MR) is 43.9 cm³/mol. The molecule has 1 aromatic heterocycles. The summed E-state index contributed by atoms with van der Waals surface area (Å²) in [6.07, 6.45) is 1.35. The SMILES string of the molecule is CONCc1cc(C(=O)OC)co1. The van der Waals surface area contributed by atoms with Crippen LogP contribution in [0.2, 0.25) is 0 Å². The molecule has 0 aliphatic carbocycles. The molecule has 0 aliphatic heterocycles. The smallest absolute Gasteiger partial charge is 0.341 e. The molecular weight excluding hydrogens is 174 g/mol. The summed E-state index contributed by atoms with van der Waals surface area (Å²) >= 11 is 0. The van der Waals surface area contributed by atoms with Crippen molar-refractivity contribution in [3.05, 3.63) is 23.7 Å². The van der Waals surface area contributed by atoms with E-state index in [9.17, 15) is 4.79 Å². The Balaban J connectivity index is 2.58. The molecule has 0 aromatic carbocycles. The van der Waals surface area contributed by atoms with Crippen LogP contribution < -0.4 is 5.48 Å². The Hall–Kier alpha value is -1.33. The number of hydrogen-bond acceptors (Lipinski definition) is 5. The number of rotatable bonds is 4. The lowest BCUT2D eigenvalue weighted by Gasteiger charge is -1.95. The summed E-state index contributed by atoms with van der Waals surface area (Å²) in [6, 6.07) is 1.60. The van der Waals surface area contributed by atoms with Crippen LogP contribution in [0.5, 0.6) is 0 Å². The average molecular weight is 185 g/mol. The van der Waals surface area contributed by atoms with Crippen molar-refractivity contribution < 1.29 is 18.8 Å². The maximum Gasteiger partial charge on any atom is 0.341 e. The van der Waals surface area contributed by atoms with Gasteiger partial charge in [0.15, 0.2) is 0 Å². The summed E-state index contributed by atoms with van der Waals surface area (Å²) in [4.78, 5) is 15.6. The van der Waals surface area contributed by atoms with Gasteiger partial charge in [-0.2, -0.15) is 5.48 Å². The lowest BCUT2D eigenvalue weighted by atomic mass is 10.3. The number of hydrogen-bond donors (Lipinski definition) is 1. The zero-order valence-electron chi connectivity index (χ0n) is 7.49. The molecule has 0 fully saturated rings. The molecule has 0 unspecified atom stereocenters. The van der Waals surface area contributed by atoms with E-state index in [4.69, 9.17) is 4.42 Å². The van der Waals surface area contributed by atoms with Crippen LogP contribution in [-0.2, 0) is 16.1 Å². The highest BCUT2D eigenvalue weighted by Gasteiger charge is 2.09. The van der Waals surface area contributed by atoms with Gasteiger partial charge in [0.1, 0.15) is 12.0 Å². The van der Waals surface area contributed by atoms with Crippen LogP contribution in [0.4, 0.5) is 0 Å². The molecule has 5 heteroatoms. The second-order valence-corrected chi connectivity index (χ2v) is 2.32. The average Bonchev–Trinajstić information content (AvgIpc) is 2.62. The lowest BCUT2D eigenvalue weighted by molar-refractivity contribution is 0.0600. The van der Waals surface area contributed by atoms with Crippen molar-refractivity contribution in [1.29, 1.82) is 0 Å². The van der Waals surface area contributed by atoms with Gasteiger partial charge in [0, 0.05) is 0 Å². The minimum atomic E-state index is -0.410. The van der Waals surface area contributed by atoms with E-state index >= 15 is 0 Å². The Bertz CT molecular complexity index is 281. The zero-order valence-corrected chi connectivity index (χ0v) is 7.49. The molecule has 0 radical (unpaired) electrons. The normalized spacial score (nSPS) is 10.0. The standard InChI is InChI=1S/C8H11NO4/c1-11-8(10)6-3-7(13-5-6)4-9-12-2/h3,5,9H,4H2,1-2H3. The molecule has 0 saturated heterocycles. The van der Waals surface area contributed by atoms with Crippen molar-refractivity contribution in [1.82, 2.24) is 5.48 Å². The number of esters is 1. The fourth-order valence-electron chi connectivity index (χ4n) is 0.842. The van der Waals surface area contributed by atoms with Gasteiger partial charge in [-0.05, 0) is 6.07 Å². The molecule has 0 aliphatic rings. The molecule has 0 spiro atoms. The highest BCUT2D eigenvalue weighted by Crippen LogP contribution is 2.08. The Morgan fingerprint density at radius 1 is 1.62 bits per heavy atom. The molecule has 13 heavy (non-hydrogen) atoms. The van der Waals surface area contributed by atoms with Crippen molar-refractivity contribution in [2.75, 3.05) is 14.2 Å². The van der Waals surface area contributed by atoms with E-state index in [0.29, 0.717) is 17.9 Å². The Morgan fingerprint density at radius 3 is 3.00 bits per heavy atom. The lowest BCUT2D eigenvalue weighted by Crippen LogP contribution is -2.09. The highest BCUT2D eigenvalue weighted by atomic mass is 16.6. The summed E-state index contributed by atoms with van der Waals surface area (Å²) in [5, 5.41) is 0. The Kier molecular flexibility index (Phi) is 3.48. The Labute approximate surface area is 75.6 Å². The van der Waals surface area contributed by atoms with Crippen LogP contribution >= 0.6 is 0 Å². The van der Waals surface area contributed by atoms with Gasteiger partial charge >= 0.3 is 5.97 Å². The molecule has 0 atom stereocenters. The minimum Gasteiger partial charge on any atom is -0.467 e. The van der Waals surface area contributed by atoms with Crippen molar-refractivity contribution in [3.63, 3.8) is 0 Å². The largest absolute Gasteiger partial charge is 0.467 e. The summed E-state index contributed by atoms with van der Waals surface area (Å²) in [6.45, 7) is 0.410. The first-order chi connectivity index (χ1) is 6.27. The van der Waals surface area contributed by atoms with Gasteiger partial charge in [0.2, 0.25) is 0 Å². The van der Waals surface area contributed by atoms with E-state index < -0.39 is 5.97 Å². The van der Waals surface area contributed by atoms with Crippen LogP contribution in [0, 0.1) is 0 Å². The number of carbonyl (C=O) groups is 1. The molecular formula is C8H11NO4. The first-order valence-corrected chi connectivity index (χ1v) is 3.69. The van der Waals surface area contributed by atoms with Gasteiger partial charge in [-0.25, -0.2) is 4.79 Å². The van der Waals surface area contributed by atoms with Gasteiger partial charge in [0.05, 0.1) is 26.3 Å². The number of nitrogens with one attached hydrogen (secondary N) is 1. The third-order valence-electron chi connectivity index (χ3n) is 1.47. The fourth-order valence-corrected chi connectivity index (χ4v) is 0.842. The highest BCUT2D eigenvalue weighted by molar-refractivity contribution is 5.88. The quantitative estimate of drug-likeness (QED) is 0.553. The fraction of sp³-hybridized carbons (Fsp3) is 0.375. The van der Waals surface area contributed by atoms with Crippen molar-refractivity contribution in [2.24, 2.45) is 0 Å². The van der Waals surface area contributed by atoms with Gasteiger partial charge in [-0.3, -0.25) is 0 Å².